The minimum Gasteiger partial charge on any atom is -0.352 e. The monoisotopic (exact) mass is 322 g/mol. The number of rotatable bonds is 7. The second-order valence-corrected chi connectivity index (χ2v) is 5.76. The zero-order valence-corrected chi connectivity index (χ0v) is 13.9. The van der Waals surface area contributed by atoms with E-state index >= 15 is 0 Å². The third kappa shape index (κ3) is 3.62. The molecule has 24 heavy (non-hydrogen) atoms. The van der Waals surface area contributed by atoms with Crippen molar-refractivity contribution in [2.24, 2.45) is 0 Å². The molecular formula is C19H22N4O. The summed E-state index contributed by atoms with van der Waals surface area (Å²) in [5.41, 5.74) is 2.81. The average molecular weight is 322 g/mol. The molecule has 2 heterocycles. The first-order valence-corrected chi connectivity index (χ1v) is 8.42. The molecule has 0 bridgehead atoms. The Balaban J connectivity index is 1.69. The molecule has 0 unspecified atom stereocenters. The number of hydrogen-bond acceptors (Lipinski definition) is 3. The van der Waals surface area contributed by atoms with Crippen LogP contribution in [0.3, 0.4) is 0 Å². The molecular weight excluding hydrogens is 300 g/mol. The van der Waals surface area contributed by atoms with Gasteiger partial charge in [-0.1, -0.05) is 25.5 Å². The van der Waals surface area contributed by atoms with Crippen LogP contribution in [-0.2, 0) is 13.0 Å². The summed E-state index contributed by atoms with van der Waals surface area (Å²) in [6.45, 7) is 3.72. The summed E-state index contributed by atoms with van der Waals surface area (Å²) in [5, 5.41) is 2.96. The number of carbonyl (C=O) groups is 1. The molecule has 3 rings (SSSR count). The molecule has 5 nitrogen and oxygen atoms in total. The van der Waals surface area contributed by atoms with Gasteiger partial charge in [-0.15, -0.1) is 0 Å². The topological polar surface area (TPSA) is 59.8 Å². The molecule has 1 amide bonds. The maximum Gasteiger partial charge on any atom is 0.251 e. The van der Waals surface area contributed by atoms with E-state index in [1.54, 1.807) is 24.5 Å². The number of benzene rings is 1. The Morgan fingerprint density at radius 1 is 1.17 bits per heavy atom. The predicted octanol–water partition coefficient (Wildman–Crippen LogP) is 3.20. The normalized spacial score (nSPS) is 10.9. The first kappa shape index (κ1) is 16.2. The minimum atomic E-state index is -0.0754. The highest BCUT2D eigenvalue weighted by atomic mass is 16.1. The van der Waals surface area contributed by atoms with E-state index in [9.17, 15) is 4.79 Å². The van der Waals surface area contributed by atoms with E-state index in [1.807, 2.05) is 18.2 Å². The summed E-state index contributed by atoms with van der Waals surface area (Å²) in [7, 11) is 0. The molecule has 0 aliphatic rings. The maximum absolute atomic E-state index is 12.1. The number of pyridine rings is 1. The fraction of sp³-hybridized carbons (Fsp3) is 0.316. The molecule has 0 saturated heterocycles. The number of para-hydroxylation sites is 2. The van der Waals surface area contributed by atoms with E-state index < -0.39 is 0 Å². The van der Waals surface area contributed by atoms with Crippen molar-refractivity contribution in [3.63, 3.8) is 0 Å². The van der Waals surface area contributed by atoms with Crippen LogP contribution < -0.4 is 5.32 Å². The molecule has 0 spiro atoms. The van der Waals surface area contributed by atoms with Crippen LogP contribution in [0, 0.1) is 0 Å². The van der Waals surface area contributed by atoms with E-state index in [0.29, 0.717) is 12.1 Å². The largest absolute Gasteiger partial charge is 0.352 e. The molecule has 0 atom stereocenters. The van der Waals surface area contributed by atoms with Crippen LogP contribution in [0.4, 0.5) is 0 Å². The molecule has 1 N–H and O–H groups in total. The van der Waals surface area contributed by atoms with Crippen molar-refractivity contribution in [3.05, 3.63) is 60.2 Å². The molecule has 0 aliphatic carbocycles. The summed E-state index contributed by atoms with van der Waals surface area (Å²) < 4.78 is 2.28. The van der Waals surface area contributed by atoms with E-state index in [4.69, 9.17) is 4.98 Å². The third-order valence-electron chi connectivity index (χ3n) is 4.05. The van der Waals surface area contributed by atoms with Gasteiger partial charge in [0, 0.05) is 37.5 Å². The highest BCUT2D eigenvalue weighted by Crippen LogP contribution is 2.17. The third-order valence-corrected chi connectivity index (χ3v) is 4.05. The number of nitrogens with zero attached hydrogens (tertiary/aromatic N) is 3. The van der Waals surface area contributed by atoms with Crippen molar-refractivity contribution < 1.29 is 4.79 Å². The lowest BCUT2D eigenvalue weighted by Gasteiger charge is -2.09. The number of carbonyl (C=O) groups excluding carboxylic acids is 1. The zero-order chi connectivity index (χ0) is 16.8. The van der Waals surface area contributed by atoms with Gasteiger partial charge in [-0.3, -0.25) is 9.78 Å². The van der Waals surface area contributed by atoms with Crippen LogP contribution in [-0.4, -0.2) is 27.0 Å². The van der Waals surface area contributed by atoms with Gasteiger partial charge in [0.1, 0.15) is 5.82 Å². The maximum atomic E-state index is 12.1. The van der Waals surface area contributed by atoms with Crippen LogP contribution in [0.2, 0.25) is 0 Å². The lowest BCUT2D eigenvalue weighted by Crippen LogP contribution is -2.26. The Labute approximate surface area is 141 Å². The molecule has 2 aromatic heterocycles. The lowest BCUT2D eigenvalue weighted by molar-refractivity contribution is 0.0954. The number of amides is 1. The van der Waals surface area contributed by atoms with E-state index in [0.717, 1.165) is 37.1 Å². The summed E-state index contributed by atoms with van der Waals surface area (Å²) in [6.07, 6.45) is 6.23. The average Bonchev–Trinajstić information content (AvgIpc) is 2.98. The Morgan fingerprint density at radius 2 is 1.96 bits per heavy atom. The van der Waals surface area contributed by atoms with Crippen molar-refractivity contribution in [3.8, 4) is 0 Å². The van der Waals surface area contributed by atoms with Crippen molar-refractivity contribution in [1.29, 1.82) is 0 Å². The molecule has 0 radical (unpaired) electrons. The first-order valence-electron chi connectivity index (χ1n) is 8.42. The van der Waals surface area contributed by atoms with Gasteiger partial charge in [0.05, 0.1) is 11.0 Å². The lowest BCUT2D eigenvalue weighted by atomic mass is 10.2. The van der Waals surface area contributed by atoms with Gasteiger partial charge in [-0.25, -0.2) is 4.98 Å². The summed E-state index contributed by atoms with van der Waals surface area (Å²) >= 11 is 0. The van der Waals surface area contributed by atoms with Gasteiger partial charge in [0.2, 0.25) is 0 Å². The molecule has 0 saturated carbocycles. The number of imidazole rings is 1. The highest BCUT2D eigenvalue weighted by molar-refractivity contribution is 5.93. The smallest absolute Gasteiger partial charge is 0.251 e. The highest BCUT2D eigenvalue weighted by Gasteiger charge is 2.11. The Hall–Kier alpha value is -2.69. The Kier molecular flexibility index (Phi) is 5.21. The Bertz CT molecular complexity index is 811. The Morgan fingerprint density at radius 3 is 2.75 bits per heavy atom. The van der Waals surface area contributed by atoms with Crippen molar-refractivity contribution in [1.82, 2.24) is 19.9 Å². The van der Waals surface area contributed by atoms with Gasteiger partial charge < -0.3 is 9.88 Å². The summed E-state index contributed by atoms with van der Waals surface area (Å²) in [5.74, 6) is 0.952. The quantitative estimate of drug-likeness (QED) is 0.726. The number of unbranched alkanes of at least 4 members (excludes halogenated alkanes) is 1. The van der Waals surface area contributed by atoms with Crippen LogP contribution in [0.25, 0.3) is 11.0 Å². The van der Waals surface area contributed by atoms with Gasteiger partial charge in [-0.2, -0.15) is 0 Å². The number of fused-ring (bicyclic) bond motifs is 1. The van der Waals surface area contributed by atoms with Gasteiger partial charge >= 0.3 is 0 Å². The summed E-state index contributed by atoms with van der Waals surface area (Å²) in [4.78, 5) is 20.8. The van der Waals surface area contributed by atoms with Crippen molar-refractivity contribution >= 4 is 16.9 Å². The molecule has 0 aliphatic heterocycles. The summed E-state index contributed by atoms with van der Waals surface area (Å²) in [6, 6.07) is 11.6. The standard InChI is InChI=1S/C19H22N4O/c1-2-3-14-23-17-7-5-4-6-16(17)22-18(23)10-13-21-19(24)15-8-11-20-12-9-15/h4-9,11-12H,2-3,10,13-14H2,1H3,(H,21,24). The molecule has 0 fully saturated rings. The number of nitrogens with one attached hydrogen (secondary N) is 1. The second-order valence-electron chi connectivity index (χ2n) is 5.76. The van der Waals surface area contributed by atoms with E-state index in [-0.39, 0.29) is 5.91 Å². The van der Waals surface area contributed by atoms with E-state index in [2.05, 4.69) is 27.9 Å². The van der Waals surface area contributed by atoms with Crippen molar-refractivity contribution in [2.75, 3.05) is 6.54 Å². The van der Waals surface area contributed by atoms with Gasteiger partial charge in [0.15, 0.2) is 0 Å². The molecule has 5 heteroatoms. The van der Waals surface area contributed by atoms with Crippen LogP contribution in [0.1, 0.15) is 35.9 Å². The number of aryl methyl sites for hydroxylation is 1. The first-order chi connectivity index (χ1) is 11.8. The second kappa shape index (κ2) is 7.73. The van der Waals surface area contributed by atoms with Gasteiger partial charge in [-0.05, 0) is 30.7 Å². The zero-order valence-electron chi connectivity index (χ0n) is 13.9. The van der Waals surface area contributed by atoms with Gasteiger partial charge in [0.25, 0.3) is 5.91 Å². The minimum absolute atomic E-state index is 0.0754. The fourth-order valence-corrected chi connectivity index (χ4v) is 2.78. The van der Waals surface area contributed by atoms with Crippen LogP contribution in [0.5, 0.6) is 0 Å². The molecule has 124 valence electrons. The SMILES string of the molecule is CCCCn1c(CCNC(=O)c2ccncc2)nc2ccccc21. The molecule has 1 aromatic carbocycles. The fourth-order valence-electron chi connectivity index (χ4n) is 2.78. The number of hydrogen-bond donors (Lipinski definition) is 1. The van der Waals surface area contributed by atoms with E-state index in [1.165, 1.54) is 5.52 Å². The predicted molar refractivity (Wildman–Crippen MR) is 94.9 cm³/mol. The van der Waals surface area contributed by atoms with Crippen LogP contribution >= 0.6 is 0 Å². The van der Waals surface area contributed by atoms with Crippen LogP contribution in [0.15, 0.2) is 48.8 Å². The number of aromatic nitrogens is 3. The molecule has 3 aromatic rings. The van der Waals surface area contributed by atoms with Crippen molar-refractivity contribution in [2.45, 2.75) is 32.7 Å².